The van der Waals surface area contributed by atoms with Gasteiger partial charge in [-0.05, 0) is 57.9 Å². The van der Waals surface area contributed by atoms with E-state index < -0.39 is 0 Å². The molecule has 4 nitrogen and oxygen atoms in total. The van der Waals surface area contributed by atoms with Crippen LogP contribution in [0.1, 0.15) is 0 Å². The zero-order valence-corrected chi connectivity index (χ0v) is 28.7. The number of benzene rings is 8. The van der Waals surface area contributed by atoms with Crippen LogP contribution in [0.25, 0.3) is 103 Å². The first-order chi connectivity index (χ1) is 25.8. The van der Waals surface area contributed by atoms with Crippen molar-refractivity contribution in [1.29, 1.82) is 0 Å². The van der Waals surface area contributed by atoms with Crippen molar-refractivity contribution < 1.29 is 0 Å². The number of para-hydroxylation sites is 1. The summed E-state index contributed by atoms with van der Waals surface area (Å²) in [4.78, 5) is 16.0. The average molecular weight is 681 g/mol. The number of hydrogen-bond acceptors (Lipinski definition) is 4. The molecule has 0 N–H and O–H groups in total. The first-order valence-corrected chi connectivity index (χ1v) is 18.3. The Balaban J connectivity index is 1.27. The van der Waals surface area contributed by atoms with Gasteiger partial charge in [-0.3, -0.25) is 0 Å². The fourth-order valence-corrected chi connectivity index (χ4v) is 9.01. The van der Waals surface area contributed by atoms with Gasteiger partial charge in [0.15, 0.2) is 17.5 Å². The molecule has 0 saturated heterocycles. The van der Waals surface area contributed by atoms with Gasteiger partial charge in [0.2, 0.25) is 0 Å². The third-order valence-electron chi connectivity index (χ3n) is 10.2. The largest absolute Gasteiger partial charge is 0.308 e. The Labute approximate surface area is 302 Å². The number of aromatic nitrogens is 4. The van der Waals surface area contributed by atoms with Crippen LogP contribution in [0.2, 0.25) is 0 Å². The summed E-state index contributed by atoms with van der Waals surface area (Å²) < 4.78 is 4.86. The lowest BCUT2D eigenvalue weighted by atomic mass is 10.0. The first-order valence-electron chi connectivity index (χ1n) is 17.5. The van der Waals surface area contributed by atoms with E-state index in [1.807, 2.05) is 18.2 Å². The van der Waals surface area contributed by atoms with Gasteiger partial charge in [0.25, 0.3) is 0 Å². The van der Waals surface area contributed by atoms with E-state index in [9.17, 15) is 0 Å². The fraction of sp³-hybridized carbons (Fsp3) is 0. The summed E-state index contributed by atoms with van der Waals surface area (Å²) in [5, 5.41) is 9.44. The topological polar surface area (TPSA) is 43.6 Å². The molecule has 52 heavy (non-hydrogen) atoms. The molecule has 0 aliphatic rings. The second-order valence-corrected chi connectivity index (χ2v) is 14.3. The minimum Gasteiger partial charge on any atom is -0.308 e. The molecule has 5 heteroatoms. The van der Waals surface area contributed by atoms with Crippen LogP contribution in [0.15, 0.2) is 170 Å². The van der Waals surface area contributed by atoms with Crippen molar-refractivity contribution in [3.8, 4) is 39.9 Å². The Morgan fingerprint density at radius 3 is 1.92 bits per heavy atom. The van der Waals surface area contributed by atoms with Gasteiger partial charge in [-0.2, -0.15) is 0 Å². The predicted octanol–water partition coefficient (Wildman–Crippen LogP) is 12.6. The van der Waals surface area contributed by atoms with Crippen LogP contribution < -0.4 is 0 Å². The molecule has 0 saturated carbocycles. The maximum Gasteiger partial charge on any atom is 0.166 e. The van der Waals surface area contributed by atoms with E-state index in [1.54, 1.807) is 11.3 Å². The van der Waals surface area contributed by atoms with E-state index in [0.29, 0.717) is 17.5 Å². The second kappa shape index (κ2) is 11.4. The van der Waals surface area contributed by atoms with Gasteiger partial charge in [0.05, 0.1) is 22.3 Å². The summed E-state index contributed by atoms with van der Waals surface area (Å²) in [5.41, 5.74) is 6.22. The summed E-state index contributed by atoms with van der Waals surface area (Å²) in [6.07, 6.45) is 0. The van der Waals surface area contributed by atoms with E-state index in [-0.39, 0.29) is 0 Å². The lowest BCUT2D eigenvalue weighted by Gasteiger charge is -2.17. The maximum absolute atomic E-state index is 5.44. The molecule has 0 fully saturated rings. The van der Waals surface area contributed by atoms with E-state index in [2.05, 4.69) is 156 Å². The third kappa shape index (κ3) is 4.43. The van der Waals surface area contributed by atoms with E-state index in [1.165, 1.54) is 41.7 Å². The molecule has 0 atom stereocenters. The second-order valence-electron chi connectivity index (χ2n) is 13.2. The molecule has 11 rings (SSSR count). The molecule has 242 valence electrons. The van der Waals surface area contributed by atoms with Gasteiger partial charge in [-0.15, -0.1) is 11.3 Å². The van der Waals surface area contributed by atoms with E-state index in [0.717, 1.165) is 44.2 Å². The van der Waals surface area contributed by atoms with Crippen LogP contribution in [0.3, 0.4) is 0 Å². The number of thiophene rings is 1. The molecule has 0 aliphatic heterocycles. The number of nitrogens with zero attached hydrogens (tertiary/aromatic N) is 4. The van der Waals surface area contributed by atoms with Crippen LogP contribution >= 0.6 is 11.3 Å². The summed E-state index contributed by atoms with van der Waals surface area (Å²) in [7, 11) is 0. The normalized spacial score (nSPS) is 11.8. The number of fused-ring (bicyclic) bond motifs is 8. The van der Waals surface area contributed by atoms with E-state index in [4.69, 9.17) is 15.0 Å². The van der Waals surface area contributed by atoms with Gasteiger partial charge < -0.3 is 4.57 Å². The zero-order chi connectivity index (χ0) is 34.2. The molecular formula is C47H28N4S. The maximum atomic E-state index is 5.44. The molecule has 0 bridgehead atoms. The lowest BCUT2D eigenvalue weighted by Crippen LogP contribution is -2.04. The molecule has 11 aromatic rings. The summed E-state index contributed by atoms with van der Waals surface area (Å²) in [5.74, 6) is 1.94. The predicted molar refractivity (Wildman–Crippen MR) is 218 cm³/mol. The van der Waals surface area contributed by atoms with Crippen LogP contribution in [0.4, 0.5) is 0 Å². The molecule has 0 radical (unpaired) electrons. The quantitative estimate of drug-likeness (QED) is 0.186. The molecule has 8 aromatic carbocycles. The highest BCUT2D eigenvalue weighted by Crippen LogP contribution is 2.43. The van der Waals surface area contributed by atoms with Crippen LogP contribution in [0, 0.1) is 0 Å². The zero-order valence-electron chi connectivity index (χ0n) is 27.9. The summed E-state index contributed by atoms with van der Waals surface area (Å²) in [6.45, 7) is 0. The highest BCUT2D eigenvalue weighted by Gasteiger charge is 2.23. The van der Waals surface area contributed by atoms with Gasteiger partial charge in [-0.1, -0.05) is 133 Å². The Bertz CT molecular complexity index is 3190. The molecular weight excluding hydrogens is 653 g/mol. The van der Waals surface area contributed by atoms with E-state index >= 15 is 0 Å². The van der Waals surface area contributed by atoms with Crippen molar-refractivity contribution in [2.75, 3.05) is 0 Å². The summed E-state index contributed by atoms with van der Waals surface area (Å²) in [6, 6.07) is 60.3. The molecule has 0 spiro atoms. The highest BCUT2D eigenvalue weighted by molar-refractivity contribution is 7.25. The van der Waals surface area contributed by atoms with Crippen molar-refractivity contribution in [3.05, 3.63) is 170 Å². The van der Waals surface area contributed by atoms with Crippen LogP contribution in [-0.2, 0) is 0 Å². The van der Waals surface area contributed by atoms with Gasteiger partial charge in [0.1, 0.15) is 0 Å². The summed E-state index contributed by atoms with van der Waals surface area (Å²) >= 11 is 1.80. The van der Waals surface area contributed by atoms with Crippen molar-refractivity contribution in [3.63, 3.8) is 0 Å². The molecule has 3 aromatic heterocycles. The Morgan fingerprint density at radius 2 is 1.06 bits per heavy atom. The first kappa shape index (κ1) is 29.1. The molecule has 0 amide bonds. The average Bonchev–Trinajstić information content (AvgIpc) is 3.75. The molecule has 3 heterocycles. The lowest BCUT2D eigenvalue weighted by molar-refractivity contribution is 1.07. The van der Waals surface area contributed by atoms with Crippen LogP contribution in [-0.4, -0.2) is 19.5 Å². The van der Waals surface area contributed by atoms with Crippen molar-refractivity contribution in [1.82, 2.24) is 19.5 Å². The number of hydrogen-bond donors (Lipinski definition) is 0. The minimum absolute atomic E-state index is 0.638. The van der Waals surface area contributed by atoms with Gasteiger partial charge in [0, 0.05) is 42.1 Å². The molecule has 0 unspecified atom stereocenters. The minimum atomic E-state index is 0.638. The van der Waals surface area contributed by atoms with Crippen molar-refractivity contribution in [2.24, 2.45) is 0 Å². The van der Waals surface area contributed by atoms with Gasteiger partial charge in [-0.25, -0.2) is 15.0 Å². The van der Waals surface area contributed by atoms with Gasteiger partial charge >= 0.3 is 0 Å². The highest BCUT2D eigenvalue weighted by atomic mass is 32.1. The third-order valence-corrected chi connectivity index (χ3v) is 11.4. The number of rotatable bonds is 4. The van der Waals surface area contributed by atoms with Crippen molar-refractivity contribution >= 4 is 74.9 Å². The standard InChI is InChI=1S/C47H28N4S/c1-2-14-30(15-3-1)45-48-46(36-21-12-24-42-43(36)35-20-9-11-23-41(35)52-42)50-47(49-45)44-33-18-7-6-13-29(33)25-26-39(44)51-38-22-10-8-19-34(38)37-27-31-16-4-5-17-32(31)28-40(37)51/h1-28H. The Hall–Kier alpha value is -6.69. The Kier molecular flexibility index (Phi) is 6.39. The van der Waals surface area contributed by atoms with Crippen molar-refractivity contribution in [2.45, 2.75) is 0 Å². The molecule has 0 aliphatic carbocycles. The SMILES string of the molecule is c1ccc(-c2nc(-c3c(-n4c5ccccc5c5cc6ccccc6cc54)ccc4ccccc34)nc(-c3cccc4sc5ccccc5c34)n2)cc1. The smallest absolute Gasteiger partial charge is 0.166 e. The Morgan fingerprint density at radius 1 is 0.404 bits per heavy atom. The monoisotopic (exact) mass is 680 g/mol. The fourth-order valence-electron chi connectivity index (χ4n) is 7.88. The van der Waals surface area contributed by atoms with Crippen LogP contribution in [0.5, 0.6) is 0 Å².